The molecule has 10 heavy (non-hydrogen) atoms. The molecule has 0 aliphatic carbocycles. The lowest BCUT2D eigenvalue weighted by atomic mass is 10.2. The lowest BCUT2D eigenvalue weighted by Crippen LogP contribution is -1.81. The van der Waals surface area contributed by atoms with Gasteiger partial charge in [-0.2, -0.15) is 0 Å². The van der Waals surface area contributed by atoms with Gasteiger partial charge in [-0.25, -0.2) is 0 Å². The van der Waals surface area contributed by atoms with E-state index in [0.717, 1.165) is 18.7 Å². The second-order valence-electron chi connectivity index (χ2n) is 2.58. The van der Waals surface area contributed by atoms with Gasteiger partial charge in [-0.1, -0.05) is 24.3 Å². The Morgan fingerprint density at radius 1 is 1.10 bits per heavy atom. The van der Waals surface area contributed by atoms with Gasteiger partial charge in [-0.15, -0.1) is 0 Å². The van der Waals surface area contributed by atoms with Crippen LogP contribution in [0.4, 0.5) is 0 Å². The smallest absolute Gasteiger partial charge is 0.0749 e. The minimum Gasteiger partial charge on any atom is -0.0749 e. The highest BCUT2D eigenvalue weighted by Gasteiger charge is 2.08. The fraction of sp³-hybridized carbons (Fsp3) is 1.00. The van der Waals surface area contributed by atoms with Crippen molar-refractivity contribution in [3.8, 4) is 0 Å². The van der Waals surface area contributed by atoms with Gasteiger partial charge in [0, 0.05) is 0 Å². The van der Waals surface area contributed by atoms with Gasteiger partial charge in [-0.05, 0) is 19.8 Å². The summed E-state index contributed by atoms with van der Waals surface area (Å²) in [5, 5.41) is 0. The first kappa shape index (κ1) is 10.1. The fourth-order valence-electron chi connectivity index (χ4n) is 0.873. The summed E-state index contributed by atoms with van der Waals surface area (Å²) < 4.78 is 10.9. The van der Waals surface area contributed by atoms with Crippen molar-refractivity contribution in [1.82, 2.24) is 0 Å². The normalized spacial score (nSPS) is 11.6. The van der Waals surface area contributed by atoms with Crippen molar-refractivity contribution in [3.63, 3.8) is 0 Å². The fourth-order valence-corrected chi connectivity index (χ4v) is 1.77. The van der Waals surface area contributed by atoms with Crippen molar-refractivity contribution in [2.24, 2.45) is 0 Å². The van der Waals surface area contributed by atoms with Crippen molar-refractivity contribution in [1.29, 1.82) is 0 Å². The third-order valence-corrected chi connectivity index (χ3v) is 3.13. The zero-order chi connectivity index (χ0) is 7.82. The second kappa shape index (κ2) is 7.21. The molecule has 1 atom stereocenters. The summed E-state index contributed by atoms with van der Waals surface area (Å²) in [5.41, 5.74) is 0. The van der Waals surface area contributed by atoms with Crippen LogP contribution in [0.15, 0.2) is 0 Å². The van der Waals surface area contributed by atoms with Crippen molar-refractivity contribution in [2.75, 3.05) is 12.3 Å². The van der Waals surface area contributed by atoms with Crippen LogP contribution < -0.4 is 0 Å². The third-order valence-electron chi connectivity index (χ3n) is 1.61. The molecule has 0 aromatic carbocycles. The Hall–Kier alpha value is 0.100. The predicted molar refractivity (Wildman–Crippen MR) is 47.2 cm³/mol. The first-order valence-electron chi connectivity index (χ1n) is 4.23. The van der Waals surface area contributed by atoms with E-state index in [1.54, 1.807) is 0 Å². The number of hydrogen-bond acceptors (Lipinski definition) is 1. The van der Waals surface area contributed by atoms with E-state index in [2.05, 4.69) is 6.92 Å². The quantitative estimate of drug-likeness (QED) is 0.431. The maximum Gasteiger partial charge on any atom is 0.338 e. The highest BCUT2D eigenvalue weighted by Crippen LogP contribution is 2.21. The summed E-state index contributed by atoms with van der Waals surface area (Å²) >= 11 is 0. The molecule has 0 radical (unpaired) electrons. The summed E-state index contributed by atoms with van der Waals surface area (Å²) in [6, 6.07) is 0. The summed E-state index contributed by atoms with van der Waals surface area (Å²) in [7, 11) is -0.845. The molecule has 0 spiro atoms. The average Bonchev–Trinajstić information content (AvgIpc) is 1.98. The number of hydrogen-bond donors (Lipinski definition) is 0. The largest absolute Gasteiger partial charge is 0.338 e. The van der Waals surface area contributed by atoms with Gasteiger partial charge in [-0.3, -0.25) is 0 Å². The van der Waals surface area contributed by atoms with Crippen LogP contribution in [-0.4, -0.2) is 12.3 Å². The first-order valence-corrected chi connectivity index (χ1v) is 5.86. The Kier molecular flexibility index (Phi) is 7.28. The van der Waals surface area contributed by atoms with E-state index in [9.17, 15) is 4.57 Å². The van der Waals surface area contributed by atoms with Crippen LogP contribution in [0.5, 0.6) is 0 Å². The molecule has 1 unspecified atom stereocenters. The van der Waals surface area contributed by atoms with E-state index in [1.807, 2.05) is 6.92 Å². The van der Waals surface area contributed by atoms with Gasteiger partial charge in [0.25, 0.3) is 0 Å². The second-order valence-corrected chi connectivity index (χ2v) is 4.63. The molecular formula is C8H18OP+. The molecule has 0 amide bonds. The van der Waals surface area contributed by atoms with E-state index < -0.39 is 7.80 Å². The third kappa shape index (κ3) is 6.22. The predicted octanol–water partition coefficient (Wildman–Crippen LogP) is 3.41. The van der Waals surface area contributed by atoms with Crippen LogP contribution in [0, 0.1) is 0 Å². The van der Waals surface area contributed by atoms with Crippen LogP contribution >= 0.6 is 7.80 Å². The molecule has 60 valence electrons. The molecule has 0 N–H and O–H groups in total. The topological polar surface area (TPSA) is 17.1 Å². The molecular weight excluding hydrogens is 143 g/mol. The Morgan fingerprint density at radius 3 is 2.30 bits per heavy atom. The zero-order valence-corrected chi connectivity index (χ0v) is 7.99. The van der Waals surface area contributed by atoms with Gasteiger partial charge in [0.15, 0.2) is 0 Å². The Balaban J connectivity index is 2.96. The summed E-state index contributed by atoms with van der Waals surface area (Å²) in [4.78, 5) is 0. The van der Waals surface area contributed by atoms with E-state index in [4.69, 9.17) is 0 Å². The van der Waals surface area contributed by atoms with Crippen molar-refractivity contribution >= 4 is 7.80 Å². The summed E-state index contributed by atoms with van der Waals surface area (Å²) in [6.45, 7) is 4.19. The SMILES string of the molecule is CCCCCC[P+](=O)CC. The van der Waals surface area contributed by atoms with E-state index >= 15 is 0 Å². The van der Waals surface area contributed by atoms with Crippen LogP contribution in [0.2, 0.25) is 0 Å². The maximum absolute atomic E-state index is 10.9. The highest BCUT2D eigenvalue weighted by molar-refractivity contribution is 7.44. The van der Waals surface area contributed by atoms with Gasteiger partial charge in [0.1, 0.15) is 12.3 Å². The van der Waals surface area contributed by atoms with Crippen molar-refractivity contribution in [3.05, 3.63) is 0 Å². The van der Waals surface area contributed by atoms with Crippen LogP contribution in [0.25, 0.3) is 0 Å². The van der Waals surface area contributed by atoms with Gasteiger partial charge < -0.3 is 0 Å². The van der Waals surface area contributed by atoms with Crippen molar-refractivity contribution in [2.45, 2.75) is 39.5 Å². The van der Waals surface area contributed by atoms with Crippen LogP contribution in [0.1, 0.15) is 39.5 Å². The summed E-state index contributed by atoms with van der Waals surface area (Å²) in [6.07, 6.45) is 6.80. The van der Waals surface area contributed by atoms with E-state index in [-0.39, 0.29) is 0 Å². The minimum atomic E-state index is -0.845. The minimum absolute atomic E-state index is 0.845. The molecule has 1 nitrogen and oxygen atoms in total. The molecule has 0 fully saturated rings. The van der Waals surface area contributed by atoms with Gasteiger partial charge in [0.2, 0.25) is 0 Å². The van der Waals surface area contributed by atoms with Gasteiger partial charge in [0.05, 0.1) is 0 Å². The van der Waals surface area contributed by atoms with Crippen LogP contribution in [-0.2, 0) is 4.57 Å². The zero-order valence-electron chi connectivity index (χ0n) is 7.10. The van der Waals surface area contributed by atoms with E-state index in [1.165, 1.54) is 19.3 Å². The number of unbranched alkanes of at least 4 members (excludes halogenated alkanes) is 3. The lowest BCUT2D eigenvalue weighted by Gasteiger charge is -1.89. The van der Waals surface area contributed by atoms with Crippen LogP contribution in [0.3, 0.4) is 0 Å². The molecule has 0 rings (SSSR count). The molecule has 0 aliphatic heterocycles. The number of rotatable bonds is 6. The van der Waals surface area contributed by atoms with E-state index in [0.29, 0.717) is 0 Å². The Morgan fingerprint density at radius 2 is 1.80 bits per heavy atom. The maximum atomic E-state index is 10.9. The van der Waals surface area contributed by atoms with Gasteiger partial charge >= 0.3 is 7.80 Å². The highest BCUT2D eigenvalue weighted by atomic mass is 31.1. The molecule has 2 heteroatoms. The Bertz CT molecular complexity index is 91.3. The van der Waals surface area contributed by atoms with Crippen molar-refractivity contribution < 1.29 is 4.57 Å². The first-order chi connectivity index (χ1) is 4.81. The molecule has 0 saturated carbocycles. The molecule has 0 bridgehead atoms. The lowest BCUT2D eigenvalue weighted by molar-refractivity contribution is 0.584. The monoisotopic (exact) mass is 161 g/mol. The standard InChI is InChI=1S/C8H18OP/c1-3-5-6-7-8-10(9)4-2/h3-8H2,1-2H3/q+1. The Labute approximate surface area is 65.0 Å². The summed E-state index contributed by atoms with van der Waals surface area (Å²) in [5.74, 6) is 0. The molecule has 0 heterocycles. The molecule has 0 aromatic rings. The average molecular weight is 161 g/mol. The molecule has 0 saturated heterocycles. The molecule has 0 aromatic heterocycles. The molecule has 0 aliphatic rings.